The largest absolute Gasteiger partial charge is 0.263 e. The lowest BCUT2D eigenvalue weighted by Gasteiger charge is -2.05. The van der Waals surface area contributed by atoms with Gasteiger partial charge < -0.3 is 0 Å². The lowest BCUT2D eigenvalue weighted by molar-refractivity contribution is 0.599. The average Bonchev–Trinajstić information content (AvgIpc) is 2.78. The van der Waals surface area contributed by atoms with E-state index >= 15 is 0 Å². The van der Waals surface area contributed by atoms with Gasteiger partial charge in [0.2, 0.25) is 5.13 Å². The van der Waals surface area contributed by atoms with Crippen LogP contribution < -0.4 is 4.72 Å². The highest BCUT2D eigenvalue weighted by Crippen LogP contribution is 2.24. The summed E-state index contributed by atoms with van der Waals surface area (Å²) < 4.78 is 39.7. The molecular formula is C12H13ClFN3O2S2. The van der Waals surface area contributed by atoms with Crippen molar-refractivity contribution in [2.75, 3.05) is 4.72 Å². The fraction of sp³-hybridized carbons (Fsp3) is 0.333. The number of anilines is 1. The minimum Gasteiger partial charge on any atom is -0.253 e. The molecule has 0 bridgehead atoms. The third-order valence-corrected chi connectivity index (χ3v) is 5.09. The van der Waals surface area contributed by atoms with Crippen LogP contribution in [-0.4, -0.2) is 18.6 Å². The van der Waals surface area contributed by atoms with E-state index in [-0.39, 0.29) is 15.0 Å². The summed E-state index contributed by atoms with van der Waals surface area (Å²) in [6, 6.07) is 3.19. The van der Waals surface area contributed by atoms with Crippen LogP contribution in [-0.2, 0) is 16.4 Å². The molecule has 0 fully saturated rings. The van der Waals surface area contributed by atoms with Crippen LogP contribution in [0.3, 0.4) is 0 Å². The van der Waals surface area contributed by atoms with E-state index in [1.54, 1.807) is 0 Å². The molecule has 0 radical (unpaired) electrons. The van der Waals surface area contributed by atoms with Crippen LogP contribution in [0.4, 0.5) is 9.52 Å². The number of hydrogen-bond acceptors (Lipinski definition) is 5. The number of rotatable bonds is 5. The van der Waals surface area contributed by atoms with Crippen LogP contribution >= 0.6 is 22.9 Å². The standard InChI is InChI=1S/C12H13ClFN3O2S2/c1-7(2)5-11-15-16-12(20-11)17-21(18,19)8-3-4-10(14)9(13)6-8/h3-4,6-7H,5H2,1-2H3,(H,16,17). The number of benzene rings is 1. The summed E-state index contributed by atoms with van der Waals surface area (Å²) in [5.41, 5.74) is 0. The van der Waals surface area contributed by atoms with E-state index in [0.29, 0.717) is 5.92 Å². The van der Waals surface area contributed by atoms with Crippen molar-refractivity contribution < 1.29 is 12.8 Å². The zero-order valence-electron chi connectivity index (χ0n) is 11.3. The molecule has 5 nitrogen and oxygen atoms in total. The van der Waals surface area contributed by atoms with Gasteiger partial charge in [-0.25, -0.2) is 12.8 Å². The molecule has 1 heterocycles. The predicted molar refractivity (Wildman–Crippen MR) is 80.7 cm³/mol. The van der Waals surface area contributed by atoms with Gasteiger partial charge in [0, 0.05) is 6.42 Å². The minimum atomic E-state index is -3.86. The molecule has 21 heavy (non-hydrogen) atoms. The fourth-order valence-electron chi connectivity index (χ4n) is 1.54. The Balaban J connectivity index is 2.20. The normalized spacial score (nSPS) is 11.9. The second-order valence-corrected chi connectivity index (χ2v) is 7.93. The summed E-state index contributed by atoms with van der Waals surface area (Å²) in [7, 11) is -3.86. The van der Waals surface area contributed by atoms with Crippen molar-refractivity contribution in [2.24, 2.45) is 5.92 Å². The fourth-order valence-corrected chi connectivity index (χ4v) is 4.00. The van der Waals surface area contributed by atoms with E-state index in [2.05, 4.69) is 14.9 Å². The molecule has 2 rings (SSSR count). The van der Waals surface area contributed by atoms with Crippen molar-refractivity contribution >= 4 is 38.1 Å². The molecule has 9 heteroatoms. The van der Waals surface area contributed by atoms with Crippen molar-refractivity contribution in [1.82, 2.24) is 10.2 Å². The first kappa shape index (κ1) is 16.1. The van der Waals surface area contributed by atoms with E-state index in [1.807, 2.05) is 13.8 Å². The third kappa shape index (κ3) is 4.12. The summed E-state index contributed by atoms with van der Waals surface area (Å²) in [6.45, 7) is 4.07. The number of halogens is 2. The maximum atomic E-state index is 13.1. The Morgan fingerprint density at radius 2 is 2.10 bits per heavy atom. The van der Waals surface area contributed by atoms with Crippen molar-refractivity contribution in [1.29, 1.82) is 0 Å². The molecule has 2 aromatic rings. The Labute approximate surface area is 131 Å². The first-order valence-electron chi connectivity index (χ1n) is 6.08. The Morgan fingerprint density at radius 1 is 1.38 bits per heavy atom. The van der Waals surface area contributed by atoms with Crippen LogP contribution in [0.25, 0.3) is 0 Å². The molecule has 0 aliphatic carbocycles. The van der Waals surface area contributed by atoms with Gasteiger partial charge in [-0.15, -0.1) is 10.2 Å². The van der Waals surface area contributed by atoms with E-state index in [9.17, 15) is 12.8 Å². The van der Waals surface area contributed by atoms with Crippen LogP contribution in [0, 0.1) is 11.7 Å². The summed E-state index contributed by atoms with van der Waals surface area (Å²) in [5.74, 6) is -0.274. The van der Waals surface area contributed by atoms with E-state index in [4.69, 9.17) is 11.6 Å². The third-order valence-electron chi connectivity index (χ3n) is 2.47. The van der Waals surface area contributed by atoms with Gasteiger partial charge in [0.15, 0.2) is 0 Å². The SMILES string of the molecule is CC(C)Cc1nnc(NS(=O)(=O)c2ccc(F)c(Cl)c2)s1. The van der Waals surface area contributed by atoms with Gasteiger partial charge in [-0.1, -0.05) is 36.8 Å². The first-order chi connectivity index (χ1) is 9.78. The van der Waals surface area contributed by atoms with Gasteiger partial charge in [0.05, 0.1) is 9.92 Å². The molecule has 0 amide bonds. The summed E-state index contributed by atoms with van der Waals surface area (Å²) in [6.07, 6.45) is 0.724. The van der Waals surface area contributed by atoms with Gasteiger partial charge in [-0.05, 0) is 24.1 Å². The second kappa shape index (κ2) is 6.25. The Kier molecular flexibility index (Phi) is 4.80. The average molecular weight is 350 g/mol. The van der Waals surface area contributed by atoms with Crippen LogP contribution in [0.15, 0.2) is 23.1 Å². The van der Waals surface area contributed by atoms with Crippen molar-refractivity contribution in [2.45, 2.75) is 25.2 Å². The predicted octanol–water partition coefficient (Wildman–Crippen LogP) is 3.33. The van der Waals surface area contributed by atoms with Crippen LogP contribution in [0.5, 0.6) is 0 Å². The van der Waals surface area contributed by atoms with E-state index < -0.39 is 15.8 Å². The number of nitrogens with one attached hydrogen (secondary N) is 1. The number of aromatic nitrogens is 2. The van der Waals surface area contributed by atoms with Crippen molar-refractivity contribution in [3.05, 3.63) is 34.0 Å². The number of hydrogen-bond donors (Lipinski definition) is 1. The first-order valence-corrected chi connectivity index (χ1v) is 8.76. The Morgan fingerprint density at radius 3 is 2.71 bits per heavy atom. The molecular weight excluding hydrogens is 337 g/mol. The number of nitrogens with zero attached hydrogens (tertiary/aromatic N) is 2. The maximum Gasteiger partial charge on any atom is 0.263 e. The Hall–Kier alpha value is -1.25. The van der Waals surface area contributed by atoms with Crippen molar-refractivity contribution in [3.63, 3.8) is 0 Å². The zero-order valence-corrected chi connectivity index (χ0v) is 13.7. The van der Waals surface area contributed by atoms with Gasteiger partial charge in [-0.3, -0.25) is 4.72 Å². The smallest absolute Gasteiger partial charge is 0.253 e. The van der Waals surface area contributed by atoms with Crippen LogP contribution in [0.2, 0.25) is 5.02 Å². The number of sulfonamides is 1. The molecule has 0 spiro atoms. The topological polar surface area (TPSA) is 72.0 Å². The lowest BCUT2D eigenvalue weighted by atomic mass is 10.1. The van der Waals surface area contributed by atoms with Crippen LogP contribution in [0.1, 0.15) is 18.9 Å². The summed E-state index contributed by atoms with van der Waals surface area (Å²) in [5, 5.41) is 8.38. The summed E-state index contributed by atoms with van der Waals surface area (Å²) >= 11 is 6.76. The monoisotopic (exact) mass is 349 g/mol. The van der Waals surface area contributed by atoms with Gasteiger partial charge in [-0.2, -0.15) is 0 Å². The zero-order chi connectivity index (χ0) is 15.6. The molecule has 0 saturated heterocycles. The highest BCUT2D eigenvalue weighted by atomic mass is 35.5. The van der Waals surface area contributed by atoms with E-state index in [0.717, 1.165) is 29.6 Å². The molecule has 0 saturated carbocycles. The molecule has 114 valence electrons. The van der Waals surface area contributed by atoms with E-state index in [1.165, 1.54) is 11.3 Å². The molecule has 0 aliphatic heterocycles. The molecule has 1 aromatic heterocycles. The van der Waals surface area contributed by atoms with Gasteiger partial charge in [0.1, 0.15) is 10.8 Å². The Bertz CT molecular complexity index is 747. The molecule has 1 N–H and O–H groups in total. The molecule has 0 aliphatic rings. The second-order valence-electron chi connectivity index (χ2n) is 4.78. The molecule has 0 atom stereocenters. The highest BCUT2D eigenvalue weighted by Gasteiger charge is 2.18. The summed E-state index contributed by atoms with van der Waals surface area (Å²) in [4.78, 5) is -0.130. The molecule has 1 aromatic carbocycles. The maximum absolute atomic E-state index is 13.1. The lowest BCUT2D eigenvalue weighted by Crippen LogP contribution is -2.12. The highest BCUT2D eigenvalue weighted by molar-refractivity contribution is 7.93. The van der Waals surface area contributed by atoms with Gasteiger partial charge in [0.25, 0.3) is 10.0 Å². The van der Waals surface area contributed by atoms with Gasteiger partial charge >= 0.3 is 0 Å². The quantitative estimate of drug-likeness (QED) is 0.898. The van der Waals surface area contributed by atoms with Crippen molar-refractivity contribution in [3.8, 4) is 0 Å². The molecule has 0 unspecified atom stereocenters. The minimum absolute atomic E-state index is 0.130.